The maximum Gasteiger partial charge on any atom is 0.260 e. The number of rotatable bonds is 4. The number of hydrogen-bond donors (Lipinski definition) is 1. The second kappa shape index (κ2) is 7.69. The van der Waals surface area contributed by atoms with E-state index in [9.17, 15) is 0 Å². The van der Waals surface area contributed by atoms with E-state index in [1.807, 2.05) is 30.3 Å². The first-order valence-electron chi connectivity index (χ1n) is 7.12. The van der Waals surface area contributed by atoms with E-state index in [0.29, 0.717) is 11.7 Å². The highest BCUT2D eigenvalue weighted by atomic mass is 35.5. The lowest BCUT2D eigenvalue weighted by atomic mass is 10.1. The van der Waals surface area contributed by atoms with E-state index in [-0.39, 0.29) is 24.6 Å². The molecule has 0 amide bonds. The Balaban J connectivity index is 0.00000176. The largest absolute Gasteiger partial charge is 0.367 e. The van der Waals surface area contributed by atoms with Crippen molar-refractivity contribution in [2.75, 3.05) is 33.8 Å². The van der Waals surface area contributed by atoms with Gasteiger partial charge in [0.25, 0.3) is 5.89 Å². The zero-order valence-corrected chi connectivity index (χ0v) is 13.5. The number of piperazine rings is 1. The molecular formula is C15H21ClN4O2. The van der Waals surface area contributed by atoms with Crippen molar-refractivity contribution in [3.05, 3.63) is 47.6 Å². The summed E-state index contributed by atoms with van der Waals surface area (Å²) in [4.78, 5) is 6.78. The molecule has 0 radical (unpaired) electrons. The van der Waals surface area contributed by atoms with E-state index in [2.05, 4.69) is 27.4 Å². The smallest absolute Gasteiger partial charge is 0.260 e. The molecule has 7 heteroatoms. The highest BCUT2D eigenvalue weighted by Crippen LogP contribution is 2.26. The molecule has 1 aliphatic rings. The first-order chi connectivity index (χ1) is 10.3. The average Bonchev–Trinajstić information content (AvgIpc) is 2.99. The van der Waals surface area contributed by atoms with Gasteiger partial charge in [-0.2, -0.15) is 4.98 Å². The number of hydrogen-bond acceptors (Lipinski definition) is 6. The molecule has 1 saturated heterocycles. The van der Waals surface area contributed by atoms with Gasteiger partial charge in [-0.3, -0.25) is 4.90 Å². The number of aromatic nitrogens is 2. The molecule has 3 rings (SSSR count). The predicted octanol–water partition coefficient (Wildman–Crippen LogP) is 1.80. The molecule has 0 spiro atoms. The van der Waals surface area contributed by atoms with Crippen LogP contribution in [0.15, 0.2) is 34.9 Å². The van der Waals surface area contributed by atoms with E-state index in [1.54, 1.807) is 7.11 Å². The second-order valence-corrected chi connectivity index (χ2v) is 5.22. The minimum Gasteiger partial charge on any atom is -0.367 e. The van der Waals surface area contributed by atoms with Gasteiger partial charge in [0.2, 0.25) is 0 Å². The van der Waals surface area contributed by atoms with Crippen LogP contribution in [0.2, 0.25) is 0 Å². The molecule has 2 atom stereocenters. The minimum atomic E-state index is -0.325. The molecule has 1 aromatic carbocycles. The van der Waals surface area contributed by atoms with Crippen LogP contribution < -0.4 is 5.32 Å². The normalized spacial score (nSPS) is 20.4. The number of nitrogens with one attached hydrogen (secondary N) is 1. The quantitative estimate of drug-likeness (QED) is 0.925. The maximum absolute atomic E-state index is 5.52. The van der Waals surface area contributed by atoms with Crippen molar-refractivity contribution in [1.82, 2.24) is 20.4 Å². The van der Waals surface area contributed by atoms with Crippen LogP contribution in [0, 0.1) is 0 Å². The van der Waals surface area contributed by atoms with E-state index in [0.717, 1.165) is 25.2 Å². The third kappa shape index (κ3) is 3.47. The van der Waals surface area contributed by atoms with Crippen molar-refractivity contribution in [3.8, 4) is 0 Å². The third-order valence-electron chi connectivity index (χ3n) is 3.83. The predicted molar refractivity (Wildman–Crippen MR) is 85.1 cm³/mol. The summed E-state index contributed by atoms with van der Waals surface area (Å²) in [7, 11) is 3.72. The lowest BCUT2D eigenvalue weighted by molar-refractivity contribution is 0.105. The van der Waals surface area contributed by atoms with Gasteiger partial charge in [0.1, 0.15) is 0 Å². The maximum atomic E-state index is 5.52. The Morgan fingerprint density at radius 3 is 2.82 bits per heavy atom. The van der Waals surface area contributed by atoms with Gasteiger partial charge in [-0.05, 0) is 12.6 Å². The van der Waals surface area contributed by atoms with Crippen molar-refractivity contribution >= 4 is 12.4 Å². The molecule has 6 nitrogen and oxygen atoms in total. The molecule has 1 fully saturated rings. The van der Waals surface area contributed by atoms with Crippen LogP contribution in [-0.2, 0) is 4.74 Å². The Bertz CT molecular complexity index is 578. The van der Waals surface area contributed by atoms with Crippen LogP contribution in [-0.4, -0.2) is 48.8 Å². The molecule has 1 N–H and O–H groups in total. The topological polar surface area (TPSA) is 63.4 Å². The molecule has 1 aromatic heterocycles. The Morgan fingerprint density at radius 1 is 1.36 bits per heavy atom. The molecule has 120 valence electrons. The molecule has 0 aliphatic carbocycles. The van der Waals surface area contributed by atoms with Gasteiger partial charge in [-0.25, -0.2) is 0 Å². The molecule has 0 saturated carbocycles. The van der Waals surface area contributed by atoms with Crippen molar-refractivity contribution in [2.24, 2.45) is 0 Å². The van der Waals surface area contributed by atoms with Gasteiger partial charge in [-0.15, -0.1) is 12.4 Å². The summed E-state index contributed by atoms with van der Waals surface area (Å²) in [6.07, 6.45) is -0.325. The SMILES string of the molecule is COC(c1ccccc1)c1nc(C2CNCCN2C)no1.Cl. The molecule has 2 heterocycles. The van der Waals surface area contributed by atoms with Gasteiger partial charge < -0.3 is 14.6 Å². The number of methoxy groups -OCH3 is 1. The highest BCUT2D eigenvalue weighted by molar-refractivity contribution is 5.85. The Kier molecular flexibility index (Phi) is 5.90. The lowest BCUT2D eigenvalue weighted by Gasteiger charge is -2.30. The molecule has 1 aliphatic heterocycles. The Morgan fingerprint density at radius 2 is 2.14 bits per heavy atom. The van der Waals surface area contributed by atoms with Crippen LogP contribution in [0.1, 0.15) is 29.4 Å². The van der Waals surface area contributed by atoms with Gasteiger partial charge in [-0.1, -0.05) is 35.5 Å². The lowest BCUT2D eigenvalue weighted by Crippen LogP contribution is -2.44. The number of halogens is 1. The second-order valence-electron chi connectivity index (χ2n) is 5.22. The first-order valence-corrected chi connectivity index (χ1v) is 7.12. The number of nitrogens with zero attached hydrogens (tertiary/aromatic N) is 3. The fourth-order valence-electron chi connectivity index (χ4n) is 2.59. The Labute approximate surface area is 136 Å². The van der Waals surface area contributed by atoms with E-state index >= 15 is 0 Å². The fourth-order valence-corrected chi connectivity index (χ4v) is 2.59. The summed E-state index contributed by atoms with van der Waals surface area (Å²) in [6, 6.07) is 10.0. The van der Waals surface area contributed by atoms with Crippen LogP contribution in [0.4, 0.5) is 0 Å². The third-order valence-corrected chi connectivity index (χ3v) is 3.83. The number of ether oxygens (including phenoxy) is 1. The highest BCUT2D eigenvalue weighted by Gasteiger charge is 2.27. The van der Waals surface area contributed by atoms with Gasteiger partial charge in [0.15, 0.2) is 11.9 Å². The van der Waals surface area contributed by atoms with E-state index < -0.39 is 0 Å². The monoisotopic (exact) mass is 324 g/mol. The molecule has 0 bridgehead atoms. The van der Waals surface area contributed by atoms with Crippen LogP contribution >= 0.6 is 12.4 Å². The Hall–Kier alpha value is -1.47. The minimum absolute atomic E-state index is 0. The summed E-state index contributed by atoms with van der Waals surface area (Å²) in [5.41, 5.74) is 1.00. The molecular weight excluding hydrogens is 304 g/mol. The van der Waals surface area contributed by atoms with E-state index in [4.69, 9.17) is 9.26 Å². The molecule has 2 aromatic rings. The average molecular weight is 325 g/mol. The van der Waals surface area contributed by atoms with Crippen molar-refractivity contribution < 1.29 is 9.26 Å². The number of benzene rings is 1. The van der Waals surface area contributed by atoms with Gasteiger partial charge >= 0.3 is 0 Å². The standard InChI is InChI=1S/C15H20N4O2.ClH/c1-19-9-8-16-10-12(19)14-17-15(21-18-14)13(20-2)11-6-4-3-5-7-11;/h3-7,12-13,16H,8-10H2,1-2H3;1H. The van der Waals surface area contributed by atoms with Crippen LogP contribution in [0.5, 0.6) is 0 Å². The van der Waals surface area contributed by atoms with Crippen molar-refractivity contribution in [1.29, 1.82) is 0 Å². The summed E-state index contributed by atoms with van der Waals surface area (Å²) in [5, 5.41) is 7.49. The first kappa shape index (κ1) is 16.9. The van der Waals surface area contributed by atoms with Gasteiger partial charge in [0.05, 0.1) is 6.04 Å². The molecule has 2 unspecified atom stereocenters. The molecule has 22 heavy (non-hydrogen) atoms. The van der Waals surface area contributed by atoms with Crippen LogP contribution in [0.3, 0.4) is 0 Å². The summed E-state index contributed by atoms with van der Waals surface area (Å²) in [6.45, 7) is 2.79. The summed E-state index contributed by atoms with van der Waals surface area (Å²) in [5.74, 6) is 1.20. The van der Waals surface area contributed by atoms with E-state index in [1.165, 1.54) is 0 Å². The van der Waals surface area contributed by atoms with Crippen molar-refractivity contribution in [2.45, 2.75) is 12.1 Å². The zero-order chi connectivity index (χ0) is 14.7. The van der Waals surface area contributed by atoms with Crippen molar-refractivity contribution in [3.63, 3.8) is 0 Å². The summed E-state index contributed by atoms with van der Waals surface area (Å²) >= 11 is 0. The van der Waals surface area contributed by atoms with Crippen LogP contribution in [0.25, 0.3) is 0 Å². The zero-order valence-electron chi connectivity index (χ0n) is 12.7. The van der Waals surface area contributed by atoms with Gasteiger partial charge in [0, 0.05) is 26.7 Å². The number of likely N-dealkylation sites (N-methyl/N-ethyl adjacent to an activating group) is 1. The fraction of sp³-hybridized carbons (Fsp3) is 0.467. The summed E-state index contributed by atoms with van der Waals surface area (Å²) < 4.78 is 11.0.